The van der Waals surface area contributed by atoms with Crippen LogP contribution in [0, 0.1) is 12.8 Å². The molecule has 3 rings (SSSR count). The second kappa shape index (κ2) is 4.46. The van der Waals surface area contributed by atoms with Gasteiger partial charge in [-0.1, -0.05) is 0 Å². The molecule has 2 fully saturated rings. The number of furan rings is 1. The molecule has 1 N–H and O–H groups in total. The minimum absolute atomic E-state index is 0.503. The Kier molecular flexibility index (Phi) is 2.97. The second-order valence-electron chi connectivity index (χ2n) is 5.47. The summed E-state index contributed by atoms with van der Waals surface area (Å²) in [6.45, 7) is 4.36. The van der Waals surface area contributed by atoms with Gasteiger partial charge in [0.05, 0.1) is 6.04 Å². The van der Waals surface area contributed by atoms with Crippen LogP contribution in [0.4, 0.5) is 0 Å². The SMILES string of the molecule is CNCC1CCN(C2CC2)C1c1ccc(C)o1. The molecule has 0 spiro atoms. The summed E-state index contributed by atoms with van der Waals surface area (Å²) in [5.41, 5.74) is 0. The smallest absolute Gasteiger partial charge is 0.121 e. The van der Waals surface area contributed by atoms with Crippen LogP contribution in [0.5, 0.6) is 0 Å². The standard InChI is InChI=1S/C14H22N2O/c1-10-3-6-13(17-10)14-11(9-15-2)7-8-16(14)12-4-5-12/h3,6,11-12,14-15H,4-5,7-9H2,1-2H3. The zero-order valence-electron chi connectivity index (χ0n) is 10.8. The molecular weight excluding hydrogens is 212 g/mol. The van der Waals surface area contributed by atoms with Crippen molar-refractivity contribution in [2.75, 3.05) is 20.1 Å². The summed E-state index contributed by atoms with van der Waals surface area (Å²) < 4.78 is 5.88. The van der Waals surface area contributed by atoms with E-state index in [0.717, 1.165) is 18.3 Å². The molecule has 3 nitrogen and oxygen atoms in total. The molecule has 1 aliphatic carbocycles. The fourth-order valence-corrected chi connectivity index (χ4v) is 3.18. The van der Waals surface area contributed by atoms with Gasteiger partial charge in [0.15, 0.2) is 0 Å². The van der Waals surface area contributed by atoms with E-state index in [1.54, 1.807) is 0 Å². The summed E-state index contributed by atoms with van der Waals surface area (Å²) in [5.74, 6) is 2.91. The van der Waals surface area contributed by atoms with E-state index in [1.165, 1.54) is 31.6 Å². The van der Waals surface area contributed by atoms with Gasteiger partial charge in [0.25, 0.3) is 0 Å². The van der Waals surface area contributed by atoms with Crippen LogP contribution in [0.3, 0.4) is 0 Å². The first-order valence-electron chi connectivity index (χ1n) is 6.76. The van der Waals surface area contributed by atoms with E-state index in [2.05, 4.69) is 22.3 Å². The van der Waals surface area contributed by atoms with E-state index >= 15 is 0 Å². The first-order valence-corrected chi connectivity index (χ1v) is 6.76. The van der Waals surface area contributed by atoms with Crippen LogP contribution in [-0.4, -0.2) is 31.1 Å². The van der Waals surface area contributed by atoms with Crippen LogP contribution in [-0.2, 0) is 0 Å². The average molecular weight is 234 g/mol. The van der Waals surface area contributed by atoms with Gasteiger partial charge in [-0.05, 0) is 64.4 Å². The van der Waals surface area contributed by atoms with Gasteiger partial charge in [0, 0.05) is 6.04 Å². The van der Waals surface area contributed by atoms with Crippen LogP contribution in [0.1, 0.15) is 36.8 Å². The molecule has 2 aliphatic rings. The van der Waals surface area contributed by atoms with Crippen LogP contribution in [0.25, 0.3) is 0 Å². The lowest BCUT2D eigenvalue weighted by atomic mass is 9.98. The summed E-state index contributed by atoms with van der Waals surface area (Å²) in [5, 5.41) is 3.33. The Morgan fingerprint density at radius 3 is 2.76 bits per heavy atom. The van der Waals surface area contributed by atoms with E-state index in [9.17, 15) is 0 Å². The number of likely N-dealkylation sites (tertiary alicyclic amines) is 1. The van der Waals surface area contributed by atoms with Gasteiger partial charge in [-0.3, -0.25) is 4.90 Å². The van der Waals surface area contributed by atoms with Crippen molar-refractivity contribution >= 4 is 0 Å². The Labute approximate surface area is 103 Å². The first-order chi connectivity index (χ1) is 8.29. The van der Waals surface area contributed by atoms with E-state index in [0.29, 0.717) is 12.0 Å². The van der Waals surface area contributed by atoms with Crippen molar-refractivity contribution in [2.24, 2.45) is 5.92 Å². The normalized spacial score (nSPS) is 30.0. The van der Waals surface area contributed by atoms with Crippen molar-refractivity contribution in [2.45, 2.75) is 38.3 Å². The summed E-state index contributed by atoms with van der Waals surface area (Å²) in [4.78, 5) is 2.67. The van der Waals surface area contributed by atoms with Gasteiger partial charge in [-0.2, -0.15) is 0 Å². The molecule has 0 amide bonds. The van der Waals surface area contributed by atoms with Crippen molar-refractivity contribution in [1.29, 1.82) is 0 Å². The molecule has 0 bridgehead atoms. The van der Waals surface area contributed by atoms with E-state index in [1.807, 2.05) is 14.0 Å². The van der Waals surface area contributed by atoms with Crippen LogP contribution >= 0.6 is 0 Å². The maximum Gasteiger partial charge on any atom is 0.121 e. The molecule has 0 radical (unpaired) electrons. The number of nitrogens with zero attached hydrogens (tertiary/aromatic N) is 1. The van der Waals surface area contributed by atoms with Crippen molar-refractivity contribution in [3.8, 4) is 0 Å². The monoisotopic (exact) mass is 234 g/mol. The number of aryl methyl sites for hydroxylation is 1. The number of hydrogen-bond acceptors (Lipinski definition) is 3. The number of hydrogen-bond donors (Lipinski definition) is 1. The van der Waals surface area contributed by atoms with Gasteiger partial charge in [0.2, 0.25) is 0 Å². The molecular formula is C14H22N2O. The van der Waals surface area contributed by atoms with Gasteiger partial charge in [-0.25, -0.2) is 0 Å². The van der Waals surface area contributed by atoms with Crippen molar-refractivity contribution in [1.82, 2.24) is 10.2 Å². The number of rotatable bonds is 4. The zero-order chi connectivity index (χ0) is 11.8. The zero-order valence-corrected chi connectivity index (χ0v) is 10.8. The number of nitrogens with one attached hydrogen (secondary N) is 1. The molecule has 1 aromatic heterocycles. The molecule has 2 heterocycles. The van der Waals surface area contributed by atoms with Crippen molar-refractivity contribution in [3.05, 3.63) is 23.7 Å². The fourth-order valence-electron chi connectivity index (χ4n) is 3.18. The van der Waals surface area contributed by atoms with Gasteiger partial charge >= 0.3 is 0 Å². The largest absolute Gasteiger partial charge is 0.465 e. The molecule has 1 aromatic rings. The molecule has 94 valence electrons. The molecule has 1 aliphatic heterocycles. The molecule has 1 saturated carbocycles. The van der Waals surface area contributed by atoms with Crippen LogP contribution in [0.2, 0.25) is 0 Å². The Morgan fingerprint density at radius 2 is 2.18 bits per heavy atom. The third-order valence-electron chi connectivity index (χ3n) is 4.10. The Bertz CT molecular complexity index is 383. The summed E-state index contributed by atoms with van der Waals surface area (Å²) >= 11 is 0. The lowest BCUT2D eigenvalue weighted by molar-refractivity contribution is 0.188. The Morgan fingerprint density at radius 1 is 1.35 bits per heavy atom. The maximum absolute atomic E-state index is 5.88. The molecule has 17 heavy (non-hydrogen) atoms. The summed E-state index contributed by atoms with van der Waals surface area (Å²) in [6, 6.07) is 5.59. The van der Waals surface area contributed by atoms with Crippen LogP contribution in [0.15, 0.2) is 16.5 Å². The highest BCUT2D eigenvalue weighted by atomic mass is 16.3. The first kappa shape index (κ1) is 11.3. The Balaban J connectivity index is 1.83. The third-order valence-corrected chi connectivity index (χ3v) is 4.10. The third kappa shape index (κ3) is 2.14. The topological polar surface area (TPSA) is 28.4 Å². The molecule has 1 saturated heterocycles. The lowest BCUT2D eigenvalue weighted by Gasteiger charge is -2.26. The van der Waals surface area contributed by atoms with Crippen molar-refractivity contribution in [3.63, 3.8) is 0 Å². The minimum atomic E-state index is 0.503. The fraction of sp³-hybridized carbons (Fsp3) is 0.714. The minimum Gasteiger partial charge on any atom is -0.465 e. The molecule has 2 unspecified atom stereocenters. The highest BCUT2D eigenvalue weighted by Crippen LogP contribution is 2.44. The van der Waals surface area contributed by atoms with E-state index < -0.39 is 0 Å². The van der Waals surface area contributed by atoms with Gasteiger partial charge in [0.1, 0.15) is 11.5 Å². The van der Waals surface area contributed by atoms with Gasteiger partial charge < -0.3 is 9.73 Å². The van der Waals surface area contributed by atoms with Gasteiger partial charge in [-0.15, -0.1) is 0 Å². The summed E-state index contributed by atoms with van der Waals surface area (Å²) in [7, 11) is 2.05. The highest BCUT2D eigenvalue weighted by Gasteiger charge is 2.43. The van der Waals surface area contributed by atoms with E-state index in [-0.39, 0.29) is 0 Å². The molecule has 2 atom stereocenters. The van der Waals surface area contributed by atoms with Crippen molar-refractivity contribution < 1.29 is 4.42 Å². The molecule has 3 heteroatoms. The quantitative estimate of drug-likeness (QED) is 0.866. The second-order valence-corrected chi connectivity index (χ2v) is 5.47. The van der Waals surface area contributed by atoms with E-state index in [4.69, 9.17) is 4.42 Å². The predicted molar refractivity (Wildman–Crippen MR) is 67.9 cm³/mol. The maximum atomic E-state index is 5.88. The Hall–Kier alpha value is -0.800. The predicted octanol–water partition coefficient (Wildman–Crippen LogP) is 2.33. The van der Waals surface area contributed by atoms with Crippen LogP contribution < -0.4 is 5.32 Å². The molecule has 0 aromatic carbocycles. The highest BCUT2D eigenvalue weighted by molar-refractivity contribution is 5.14. The lowest BCUT2D eigenvalue weighted by Crippen LogP contribution is -2.30. The summed E-state index contributed by atoms with van der Waals surface area (Å²) in [6.07, 6.45) is 4.05. The average Bonchev–Trinajstić information content (AvgIpc) is 2.94.